The molecule has 0 N–H and O–H groups in total. The number of carbonyl (C=O) groups is 2. The lowest BCUT2D eigenvalue weighted by molar-refractivity contribution is -0.148. The Morgan fingerprint density at radius 1 is 0.400 bits per heavy atom. The molecule has 0 aromatic heterocycles. The Balaban J connectivity index is 1.17. The molecule has 0 aliphatic heterocycles. The lowest BCUT2D eigenvalue weighted by atomic mass is 9.51. The van der Waals surface area contributed by atoms with Crippen LogP contribution in [0.1, 0.15) is 139 Å². The van der Waals surface area contributed by atoms with E-state index in [0.717, 1.165) is 109 Å². The minimum absolute atomic E-state index is 0.0173. The zero-order chi connectivity index (χ0) is 32.7. The van der Waals surface area contributed by atoms with Gasteiger partial charge in [0.25, 0.3) is 0 Å². The predicted octanol–water partition coefficient (Wildman–Crippen LogP) is 10.7. The highest BCUT2D eigenvalue weighted by Crippen LogP contribution is 2.57. The molecule has 5 fully saturated rings. The first-order valence-electron chi connectivity index (χ1n) is 19.9. The van der Waals surface area contributed by atoms with Crippen LogP contribution in [0.4, 0.5) is 0 Å². The Morgan fingerprint density at radius 3 is 0.956 bits per heavy atom. The monoisotopic (exact) mass is 625 g/mol. The van der Waals surface area contributed by atoms with Gasteiger partial charge in [0.15, 0.2) is 0 Å². The van der Waals surface area contributed by atoms with Crippen LogP contribution in [-0.2, 0) is 14.3 Å². The van der Waals surface area contributed by atoms with Crippen LogP contribution in [0, 0.1) is 107 Å². The molecular weight excluding hydrogens is 552 g/mol. The first-order valence-corrected chi connectivity index (χ1v) is 19.9. The van der Waals surface area contributed by atoms with E-state index in [2.05, 4.69) is 55.4 Å². The second kappa shape index (κ2) is 14.7. The number of hydrogen-bond acceptors (Lipinski definition) is 3. The van der Waals surface area contributed by atoms with Crippen LogP contribution in [0.3, 0.4) is 0 Å². The second-order valence-electron chi connectivity index (χ2n) is 18.7. The van der Waals surface area contributed by atoms with Crippen LogP contribution in [-0.4, -0.2) is 18.9 Å². The van der Waals surface area contributed by atoms with E-state index in [0.29, 0.717) is 23.5 Å². The van der Waals surface area contributed by atoms with Gasteiger partial charge in [0.05, 0.1) is 13.0 Å². The number of carbonyl (C=O) groups excluding carboxylic acids is 2. The molecule has 0 aromatic carbocycles. The Morgan fingerprint density at radius 2 is 0.667 bits per heavy atom. The lowest BCUT2D eigenvalue weighted by Gasteiger charge is -2.54. The van der Waals surface area contributed by atoms with Crippen molar-refractivity contribution in [1.82, 2.24) is 0 Å². The molecule has 5 rings (SSSR count). The largest absolute Gasteiger partial charge is 0.469 e. The van der Waals surface area contributed by atoms with Gasteiger partial charge in [0.1, 0.15) is 5.78 Å². The molecule has 258 valence electrons. The Labute approximate surface area is 278 Å². The van der Waals surface area contributed by atoms with E-state index in [1.54, 1.807) is 7.11 Å². The molecule has 0 saturated heterocycles. The minimum atomic E-state index is 0.0173. The fourth-order valence-corrected chi connectivity index (χ4v) is 13.5. The maximum absolute atomic E-state index is 12.2. The molecule has 3 heteroatoms. The number of rotatable bonds is 6. The summed E-state index contributed by atoms with van der Waals surface area (Å²) in [4.78, 5) is 24.3. The van der Waals surface area contributed by atoms with Crippen LogP contribution in [0.2, 0.25) is 0 Å². The Bertz CT molecular complexity index is 1000. The Kier molecular flexibility index (Phi) is 11.6. The standard InChI is InChI=1S/C42H72O3/c1-23-15-32(31(9)43)11-13-34(23)36-17-27(5)38(19-25(36)3)40-21-30(8)41(22-29(40)7)39-20-26(4)37(18-28(39)6)35-14-12-33(16-24(35)2)42(44)45-10/h23-30,32-41H,11-22H2,1-10H3. The van der Waals surface area contributed by atoms with E-state index in [9.17, 15) is 9.59 Å². The number of methoxy groups -OCH3 is 1. The minimum Gasteiger partial charge on any atom is -0.469 e. The van der Waals surface area contributed by atoms with Crippen molar-refractivity contribution in [1.29, 1.82) is 0 Å². The topological polar surface area (TPSA) is 43.4 Å². The third kappa shape index (κ3) is 7.43. The van der Waals surface area contributed by atoms with Crippen molar-refractivity contribution in [3.05, 3.63) is 0 Å². The van der Waals surface area contributed by atoms with Gasteiger partial charge in [-0.2, -0.15) is 0 Å². The highest BCUT2D eigenvalue weighted by atomic mass is 16.5. The van der Waals surface area contributed by atoms with Gasteiger partial charge in [-0.1, -0.05) is 55.4 Å². The van der Waals surface area contributed by atoms with Crippen LogP contribution >= 0.6 is 0 Å². The summed E-state index contributed by atoms with van der Waals surface area (Å²) in [6.07, 6.45) is 15.4. The normalized spacial score (nSPS) is 51.3. The molecule has 3 nitrogen and oxygen atoms in total. The maximum atomic E-state index is 12.2. The summed E-state index contributed by atoms with van der Waals surface area (Å²) >= 11 is 0. The molecule has 0 amide bonds. The van der Waals surface area contributed by atoms with Gasteiger partial charge in [0, 0.05) is 5.92 Å². The van der Waals surface area contributed by atoms with Gasteiger partial charge >= 0.3 is 5.97 Å². The number of hydrogen-bond donors (Lipinski definition) is 0. The molecule has 0 heterocycles. The molecule has 0 bridgehead atoms. The molecule has 5 saturated carbocycles. The average molecular weight is 625 g/mol. The fourth-order valence-electron chi connectivity index (χ4n) is 13.5. The van der Waals surface area contributed by atoms with Crippen molar-refractivity contribution in [2.75, 3.05) is 7.11 Å². The molecule has 45 heavy (non-hydrogen) atoms. The van der Waals surface area contributed by atoms with Gasteiger partial charge in [-0.15, -0.1) is 0 Å². The van der Waals surface area contributed by atoms with Gasteiger partial charge in [-0.05, 0) is 179 Å². The summed E-state index contributed by atoms with van der Waals surface area (Å²) in [5, 5.41) is 0. The SMILES string of the molecule is COC(=O)C1CCC(C2CC(C)C(C3CC(C)C(C4CC(C)C(C5CCC(C(C)=O)CC5C)CC4C)CC3C)CC2C)C(C)C1. The van der Waals surface area contributed by atoms with Crippen molar-refractivity contribution < 1.29 is 14.3 Å². The van der Waals surface area contributed by atoms with Gasteiger partial charge in [-0.25, -0.2) is 0 Å². The van der Waals surface area contributed by atoms with E-state index in [4.69, 9.17) is 4.74 Å². The smallest absolute Gasteiger partial charge is 0.308 e. The zero-order valence-electron chi connectivity index (χ0n) is 31.1. The molecule has 18 unspecified atom stereocenters. The van der Waals surface area contributed by atoms with Crippen LogP contribution in [0.15, 0.2) is 0 Å². The molecule has 18 atom stereocenters. The summed E-state index contributed by atoms with van der Waals surface area (Å²) < 4.78 is 5.11. The van der Waals surface area contributed by atoms with Crippen LogP contribution < -0.4 is 0 Å². The van der Waals surface area contributed by atoms with E-state index in [1.807, 2.05) is 6.92 Å². The second-order valence-corrected chi connectivity index (χ2v) is 18.7. The number of ketones is 1. The quantitative estimate of drug-likeness (QED) is 0.276. The summed E-state index contributed by atoms with van der Waals surface area (Å²) in [5.41, 5.74) is 0. The molecule has 0 radical (unpaired) electrons. The van der Waals surface area contributed by atoms with Crippen LogP contribution in [0.5, 0.6) is 0 Å². The van der Waals surface area contributed by atoms with E-state index < -0.39 is 0 Å². The summed E-state index contributed by atoms with van der Waals surface area (Å²) in [6, 6.07) is 0. The van der Waals surface area contributed by atoms with Crippen molar-refractivity contribution in [2.45, 2.75) is 139 Å². The Hall–Kier alpha value is -0.860. The molecule has 5 aliphatic rings. The van der Waals surface area contributed by atoms with Crippen LogP contribution in [0.25, 0.3) is 0 Å². The summed E-state index contributed by atoms with van der Waals surface area (Å²) in [7, 11) is 1.55. The molecule has 5 aliphatic carbocycles. The van der Waals surface area contributed by atoms with E-state index in [1.165, 1.54) is 51.4 Å². The fraction of sp³-hybridized carbons (Fsp3) is 0.952. The number of Topliss-reactive ketones (excluding diaryl/α,β-unsaturated/α-hetero) is 1. The predicted molar refractivity (Wildman–Crippen MR) is 186 cm³/mol. The van der Waals surface area contributed by atoms with E-state index >= 15 is 0 Å². The lowest BCUT2D eigenvalue weighted by Crippen LogP contribution is -2.46. The third-order valence-corrected chi connectivity index (χ3v) is 16.0. The average Bonchev–Trinajstić information content (AvgIpc) is 3.00. The van der Waals surface area contributed by atoms with Gasteiger partial charge in [-0.3, -0.25) is 9.59 Å². The number of ether oxygens (including phenoxy) is 1. The van der Waals surface area contributed by atoms with Crippen molar-refractivity contribution in [3.8, 4) is 0 Å². The molecule has 0 spiro atoms. The first-order chi connectivity index (χ1) is 21.3. The third-order valence-electron chi connectivity index (χ3n) is 16.0. The molecular formula is C42H72O3. The van der Waals surface area contributed by atoms with Gasteiger partial charge in [0.2, 0.25) is 0 Å². The first kappa shape index (κ1) is 35.4. The van der Waals surface area contributed by atoms with Crippen molar-refractivity contribution in [2.24, 2.45) is 107 Å². The van der Waals surface area contributed by atoms with E-state index in [-0.39, 0.29) is 11.9 Å². The zero-order valence-corrected chi connectivity index (χ0v) is 31.1. The van der Waals surface area contributed by atoms with Crippen molar-refractivity contribution >= 4 is 11.8 Å². The summed E-state index contributed by atoms with van der Waals surface area (Å²) in [5.74, 6) is 14.1. The summed E-state index contributed by atoms with van der Waals surface area (Å²) in [6.45, 7) is 22.4. The highest BCUT2D eigenvalue weighted by molar-refractivity contribution is 5.78. The number of esters is 1. The van der Waals surface area contributed by atoms with Crippen molar-refractivity contribution in [3.63, 3.8) is 0 Å². The van der Waals surface area contributed by atoms with Gasteiger partial charge < -0.3 is 4.74 Å². The maximum Gasteiger partial charge on any atom is 0.308 e. The molecule has 0 aromatic rings. The highest BCUT2D eigenvalue weighted by Gasteiger charge is 2.49.